The van der Waals surface area contributed by atoms with Crippen LogP contribution in [0, 0.1) is 0 Å². The molecule has 0 spiro atoms. The van der Waals surface area contributed by atoms with Crippen LogP contribution in [0.2, 0.25) is 0 Å². The molecule has 6 heteroatoms. The Morgan fingerprint density at radius 3 is 2.58 bits per heavy atom. The van der Waals surface area contributed by atoms with Crippen LogP contribution in [0.25, 0.3) is 0 Å². The molecule has 3 N–H and O–H groups in total. The molecule has 0 fully saturated rings. The lowest BCUT2D eigenvalue weighted by molar-refractivity contribution is 0.146. The first-order chi connectivity index (χ1) is 9.09. The van der Waals surface area contributed by atoms with Crippen molar-refractivity contribution in [3.05, 3.63) is 35.4 Å². The number of benzene rings is 1. The Labute approximate surface area is 115 Å². The third kappa shape index (κ3) is 6.15. The van der Waals surface area contributed by atoms with Gasteiger partial charge in [0, 0.05) is 26.3 Å². The van der Waals surface area contributed by atoms with Crippen LogP contribution in [0.5, 0.6) is 0 Å². The third-order valence-corrected chi connectivity index (χ3v) is 4.01. The van der Waals surface area contributed by atoms with Gasteiger partial charge in [-0.05, 0) is 24.5 Å². The second-order valence-corrected chi connectivity index (χ2v) is 5.98. The van der Waals surface area contributed by atoms with Crippen molar-refractivity contribution in [2.75, 3.05) is 19.8 Å². The van der Waals surface area contributed by atoms with Gasteiger partial charge in [0.1, 0.15) is 0 Å². The Morgan fingerprint density at radius 1 is 1.26 bits per heavy atom. The number of nitrogens with one attached hydrogen (secondary N) is 1. The van der Waals surface area contributed by atoms with Crippen LogP contribution in [-0.4, -0.2) is 28.2 Å². The van der Waals surface area contributed by atoms with Crippen molar-refractivity contribution in [2.24, 2.45) is 5.73 Å². The highest BCUT2D eigenvalue weighted by Gasteiger charge is 2.12. The standard InChI is InChI=1S/C13H22N2O3S/c1-2-18-9-5-8-15-19(16,17)11-13-7-4-3-6-12(13)10-14/h3-4,6-7,15H,2,5,8-11,14H2,1H3. The van der Waals surface area contributed by atoms with Crippen molar-refractivity contribution in [1.82, 2.24) is 4.72 Å². The topological polar surface area (TPSA) is 81.4 Å². The summed E-state index contributed by atoms with van der Waals surface area (Å²) in [5, 5.41) is 0. The number of hydrogen-bond acceptors (Lipinski definition) is 4. The van der Waals surface area contributed by atoms with Crippen molar-refractivity contribution in [3.8, 4) is 0 Å². The summed E-state index contributed by atoms with van der Waals surface area (Å²) < 4.78 is 31.5. The average molecular weight is 286 g/mol. The highest BCUT2D eigenvalue weighted by atomic mass is 32.2. The summed E-state index contributed by atoms with van der Waals surface area (Å²) in [6.45, 7) is 3.87. The van der Waals surface area contributed by atoms with E-state index in [4.69, 9.17) is 10.5 Å². The molecular weight excluding hydrogens is 264 g/mol. The van der Waals surface area contributed by atoms with E-state index in [1.807, 2.05) is 25.1 Å². The first-order valence-corrected chi connectivity index (χ1v) is 8.06. The highest BCUT2D eigenvalue weighted by Crippen LogP contribution is 2.11. The molecular formula is C13H22N2O3S. The Balaban J connectivity index is 2.50. The number of sulfonamides is 1. The minimum Gasteiger partial charge on any atom is -0.382 e. The first kappa shape index (κ1) is 16.1. The summed E-state index contributed by atoms with van der Waals surface area (Å²) in [4.78, 5) is 0. The van der Waals surface area contributed by atoms with Gasteiger partial charge in [0.2, 0.25) is 10.0 Å². The fourth-order valence-corrected chi connectivity index (χ4v) is 2.95. The van der Waals surface area contributed by atoms with E-state index in [1.54, 1.807) is 6.07 Å². The summed E-state index contributed by atoms with van der Waals surface area (Å²) in [5.74, 6) is -0.0327. The minimum absolute atomic E-state index is 0.0327. The van der Waals surface area contributed by atoms with Crippen LogP contribution in [0.3, 0.4) is 0 Å². The fraction of sp³-hybridized carbons (Fsp3) is 0.538. The molecule has 19 heavy (non-hydrogen) atoms. The molecule has 0 unspecified atom stereocenters. The van der Waals surface area contributed by atoms with Gasteiger partial charge in [-0.3, -0.25) is 0 Å². The second-order valence-electron chi connectivity index (χ2n) is 4.18. The van der Waals surface area contributed by atoms with E-state index in [-0.39, 0.29) is 5.75 Å². The number of ether oxygens (including phenoxy) is 1. The summed E-state index contributed by atoms with van der Waals surface area (Å²) >= 11 is 0. The normalized spacial score (nSPS) is 11.7. The molecule has 0 heterocycles. The average Bonchev–Trinajstić information content (AvgIpc) is 2.38. The zero-order valence-electron chi connectivity index (χ0n) is 11.3. The Bertz CT molecular complexity index is 475. The van der Waals surface area contributed by atoms with Crippen molar-refractivity contribution < 1.29 is 13.2 Å². The van der Waals surface area contributed by atoms with Crippen LogP contribution in [-0.2, 0) is 27.1 Å². The lowest BCUT2D eigenvalue weighted by Gasteiger charge is -2.09. The fourth-order valence-electron chi connectivity index (χ4n) is 1.70. The lowest BCUT2D eigenvalue weighted by Crippen LogP contribution is -2.27. The SMILES string of the molecule is CCOCCCNS(=O)(=O)Cc1ccccc1CN. The van der Waals surface area contributed by atoms with E-state index >= 15 is 0 Å². The maximum atomic E-state index is 11.9. The molecule has 1 aromatic carbocycles. The van der Waals surface area contributed by atoms with Gasteiger partial charge < -0.3 is 10.5 Å². The van der Waals surface area contributed by atoms with Gasteiger partial charge in [0.15, 0.2) is 0 Å². The zero-order chi connectivity index (χ0) is 14.1. The molecule has 0 saturated heterocycles. The molecule has 108 valence electrons. The maximum absolute atomic E-state index is 11.9. The van der Waals surface area contributed by atoms with Crippen molar-refractivity contribution in [2.45, 2.75) is 25.6 Å². The molecule has 0 aliphatic heterocycles. The predicted octanol–water partition coefficient (Wildman–Crippen LogP) is 0.991. The van der Waals surface area contributed by atoms with E-state index in [2.05, 4.69) is 4.72 Å². The summed E-state index contributed by atoms with van der Waals surface area (Å²) in [7, 11) is -3.32. The monoisotopic (exact) mass is 286 g/mol. The quantitative estimate of drug-likeness (QED) is 0.663. The van der Waals surface area contributed by atoms with Crippen molar-refractivity contribution in [1.29, 1.82) is 0 Å². The van der Waals surface area contributed by atoms with Crippen LogP contribution in [0.1, 0.15) is 24.5 Å². The van der Waals surface area contributed by atoms with Gasteiger partial charge in [0.05, 0.1) is 5.75 Å². The smallest absolute Gasteiger partial charge is 0.215 e. The largest absolute Gasteiger partial charge is 0.382 e. The minimum atomic E-state index is -3.32. The van der Waals surface area contributed by atoms with Gasteiger partial charge in [-0.25, -0.2) is 13.1 Å². The van der Waals surface area contributed by atoms with Gasteiger partial charge in [0.25, 0.3) is 0 Å². The molecule has 0 aliphatic carbocycles. The number of hydrogen-bond donors (Lipinski definition) is 2. The molecule has 0 aliphatic rings. The molecule has 1 aromatic rings. The Kier molecular flexibility index (Phi) is 7.01. The molecule has 5 nitrogen and oxygen atoms in total. The summed E-state index contributed by atoms with van der Waals surface area (Å²) in [5.41, 5.74) is 7.21. The molecule has 0 amide bonds. The predicted molar refractivity (Wildman–Crippen MR) is 76.1 cm³/mol. The van der Waals surface area contributed by atoms with Crippen LogP contribution < -0.4 is 10.5 Å². The van der Waals surface area contributed by atoms with Gasteiger partial charge in [-0.1, -0.05) is 24.3 Å². The van der Waals surface area contributed by atoms with E-state index in [9.17, 15) is 8.42 Å². The number of rotatable bonds is 9. The molecule has 0 bridgehead atoms. The maximum Gasteiger partial charge on any atom is 0.215 e. The van der Waals surface area contributed by atoms with Gasteiger partial charge in [-0.15, -0.1) is 0 Å². The number of nitrogens with two attached hydrogens (primary N) is 1. The van der Waals surface area contributed by atoms with E-state index in [0.29, 0.717) is 32.7 Å². The zero-order valence-corrected chi connectivity index (χ0v) is 12.1. The lowest BCUT2D eigenvalue weighted by atomic mass is 10.1. The van der Waals surface area contributed by atoms with E-state index < -0.39 is 10.0 Å². The van der Waals surface area contributed by atoms with Gasteiger partial charge in [-0.2, -0.15) is 0 Å². The summed E-state index contributed by atoms with van der Waals surface area (Å²) in [6, 6.07) is 7.31. The van der Waals surface area contributed by atoms with Gasteiger partial charge >= 0.3 is 0 Å². The first-order valence-electron chi connectivity index (χ1n) is 6.41. The summed E-state index contributed by atoms with van der Waals surface area (Å²) in [6.07, 6.45) is 0.672. The van der Waals surface area contributed by atoms with Crippen LogP contribution in [0.15, 0.2) is 24.3 Å². The van der Waals surface area contributed by atoms with E-state index in [0.717, 1.165) is 11.1 Å². The Morgan fingerprint density at radius 2 is 1.95 bits per heavy atom. The molecule has 0 radical (unpaired) electrons. The van der Waals surface area contributed by atoms with Crippen molar-refractivity contribution >= 4 is 10.0 Å². The molecule has 0 atom stereocenters. The van der Waals surface area contributed by atoms with Crippen LogP contribution in [0.4, 0.5) is 0 Å². The molecule has 0 aromatic heterocycles. The molecule has 1 rings (SSSR count). The highest BCUT2D eigenvalue weighted by molar-refractivity contribution is 7.88. The Hall–Kier alpha value is -0.950. The van der Waals surface area contributed by atoms with E-state index in [1.165, 1.54) is 0 Å². The third-order valence-electron chi connectivity index (χ3n) is 2.68. The second kappa shape index (κ2) is 8.27. The van der Waals surface area contributed by atoms with Crippen LogP contribution >= 0.6 is 0 Å². The molecule has 0 saturated carbocycles. The van der Waals surface area contributed by atoms with Crippen molar-refractivity contribution in [3.63, 3.8) is 0 Å².